The van der Waals surface area contributed by atoms with Crippen molar-refractivity contribution in [3.05, 3.63) is 11.4 Å². The average molecular weight is 239 g/mol. The number of aromatic nitrogens is 3. The van der Waals surface area contributed by atoms with Gasteiger partial charge in [0.2, 0.25) is 0 Å². The molecule has 2 amide bonds. The van der Waals surface area contributed by atoms with Gasteiger partial charge >= 0.3 is 12.0 Å². The van der Waals surface area contributed by atoms with Crippen LogP contribution in [0.1, 0.15) is 18.3 Å². The quantitative estimate of drug-likeness (QED) is 0.687. The average Bonchev–Trinajstić information content (AvgIpc) is 2.23. The number of rotatable bonds is 3. The van der Waals surface area contributed by atoms with E-state index in [1.807, 2.05) is 0 Å². The molecule has 3 N–H and O–H groups in total. The Balaban J connectivity index is 2.62. The Morgan fingerprint density at radius 1 is 1.24 bits per heavy atom. The fraction of sp³-hybridized carbons (Fsp3) is 0.444. The van der Waals surface area contributed by atoms with Gasteiger partial charge in [0.25, 0.3) is 5.95 Å². The third-order valence-electron chi connectivity index (χ3n) is 2.04. The second-order valence-corrected chi connectivity index (χ2v) is 3.46. The lowest BCUT2D eigenvalue weighted by molar-refractivity contribution is -0.138. The fourth-order valence-electron chi connectivity index (χ4n) is 0.906. The zero-order valence-electron chi connectivity index (χ0n) is 9.68. The Hall–Kier alpha value is -2.25. The highest BCUT2D eigenvalue weighted by Crippen LogP contribution is 2.01. The molecule has 0 bridgehead atoms. The lowest BCUT2D eigenvalue weighted by atomic mass is 10.3. The third-order valence-corrected chi connectivity index (χ3v) is 2.04. The van der Waals surface area contributed by atoms with E-state index in [0.29, 0.717) is 11.4 Å². The molecule has 0 fully saturated rings. The Morgan fingerprint density at radius 2 is 1.88 bits per heavy atom. The summed E-state index contributed by atoms with van der Waals surface area (Å²) in [5, 5.41) is 20.5. The first-order chi connectivity index (χ1) is 7.90. The summed E-state index contributed by atoms with van der Waals surface area (Å²) in [4.78, 5) is 25.8. The number of aliphatic carboxylic acids is 1. The zero-order chi connectivity index (χ0) is 13.0. The lowest BCUT2D eigenvalue weighted by Gasteiger charge is -2.09. The molecule has 1 aromatic rings. The van der Waals surface area contributed by atoms with Gasteiger partial charge in [-0.3, -0.25) is 10.1 Å². The number of amides is 2. The van der Waals surface area contributed by atoms with Gasteiger partial charge in [0.05, 0.1) is 11.4 Å². The van der Waals surface area contributed by atoms with E-state index < -0.39 is 18.0 Å². The van der Waals surface area contributed by atoms with Crippen molar-refractivity contribution in [2.45, 2.75) is 26.8 Å². The largest absolute Gasteiger partial charge is 0.480 e. The van der Waals surface area contributed by atoms with Gasteiger partial charge in [-0.15, -0.1) is 5.10 Å². The van der Waals surface area contributed by atoms with E-state index >= 15 is 0 Å². The van der Waals surface area contributed by atoms with Gasteiger partial charge in [-0.1, -0.05) is 0 Å². The van der Waals surface area contributed by atoms with E-state index in [0.717, 1.165) is 0 Å². The minimum atomic E-state index is -1.13. The molecule has 0 aliphatic rings. The van der Waals surface area contributed by atoms with Gasteiger partial charge in [-0.25, -0.2) is 9.78 Å². The predicted octanol–water partition coefficient (Wildman–Crippen LogP) is 0.0830. The summed E-state index contributed by atoms with van der Waals surface area (Å²) >= 11 is 0. The number of carbonyl (C=O) groups excluding carboxylic acids is 1. The SMILES string of the molecule is Cc1nnc(NC(=O)N[C@@H](C)C(=O)O)nc1C. The van der Waals surface area contributed by atoms with Crippen LogP contribution in [0.5, 0.6) is 0 Å². The van der Waals surface area contributed by atoms with Gasteiger partial charge in [-0.05, 0) is 20.8 Å². The van der Waals surface area contributed by atoms with E-state index in [1.165, 1.54) is 6.92 Å². The predicted molar refractivity (Wildman–Crippen MR) is 58.6 cm³/mol. The molecule has 0 unspecified atom stereocenters. The first-order valence-corrected chi connectivity index (χ1v) is 4.88. The smallest absolute Gasteiger partial charge is 0.325 e. The Morgan fingerprint density at radius 3 is 2.41 bits per heavy atom. The molecule has 1 heterocycles. The van der Waals surface area contributed by atoms with Crippen molar-refractivity contribution >= 4 is 17.9 Å². The van der Waals surface area contributed by atoms with Crippen LogP contribution in [-0.2, 0) is 4.79 Å². The molecule has 17 heavy (non-hydrogen) atoms. The van der Waals surface area contributed by atoms with E-state index in [2.05, 4.69) is 25.8 Å². The van der Waals surface area contributed by atoms with E-state index in [9.17, 15) is 9.59 Å². The van der Waals surface area contributed by atoms with Crippen molar-refractivity contribution in [3.8, 4) is 0 Å². The molecule has 0 saturated carbocycles. The van der Waals surface area contributed by atoms with Crippen LogP contribution in [0.2, 0.25) is 0 Å². The van der Waals surface area contributed by atoms with Crippen LogP contribution < -0.4 is 10.6 Å². The highest BCUT2D eigenvalue weighted by atomic mass is 16.4. The standard InChI is InChI=1S/C9H13N5O3/c1-4-5(2)13-14-8(10-4)12-9(17)11-6(3)7(15)16/h6H,1-3H3,(H,15,16)(H2,10,11,12,14,17)/t6-/m0/s1. The second-order valence-electron chi connectivity index (χ2n) is 3.46. The summed E-state index contributed by atoms with van der Waals surface area (Å²) in [6, 6.07) is -1.68. The summed E-state index contributed by atoms with van der Waals surface area (Å²) in [6.45, 7) is 4.82. The minimum Gasteiger partial charge on any atom is -0.480 e. The highest BCUT2D eigenvalue weighted by molar-refractivity contribution is 5.90. The van der Waals surface area contributed by atoms with Crippen molar-refractivity contribution < 1.29 is 14.7 Å². The Bertz CT molecular complexity index is 448. The monoisotopic (exact) mass is 239 g/mol. The molecule has 0 saturated heterocycles. The number of carboxylic acids is 1. The van der Waals surface area contributed by atoms with E-state index in [4.69, 9.17) is 5.11 Å². The molecule has 92 valence electrons. The van der Waals surface area contributed by atoms with Gasteiger partial charge in [-0.2, -0.15) is 5.10 Å². The van der Waals surface area contributed by atoms with Crippen molar-refractivity contribution in [1.82, 2.24) is 20.5 Å². The van der Waals surface area contributed by atoms with Crippen LogP contribution in [-0.4, -0.2) is 38.3 Å². The molecule has 1 atom stereocenters. The lowest BCUT2D eigenvalue weighted by Crippen LogP contribution is -2.41. The molecule has 0 aliphatic carbocycles. The number of carboxylic acid groups (broad SMARTS) is 1. The third kappa shape index (κ3) is 3.67. The van der Waals surface area contributed by atoms with Crippen molar-refractivity contribution in [2.24, 2.45) is 0 Å². The zero-order valence-corrected chi connectivity index (χ0v) is 9.68. The summed E-state index contributed by atoms with van der Waals surface area (Å²) in [6.07, 6.45) is 0. The van der Waals surface area contributed by atoms with Crippen LogP contribution in [0.4, 0.5) is 10.7 Å². The topological polar surface area (TPSA) is 117 Å². The van der Waals surface area contributed by atoms with Crippen molar-refractivity contribution in [3.63, 3.8) is 0 Å². The Kier molecular flexibility index (Phi) is 3.91. The summed E-state index contributed by atoms with van der Waals surface area (Å²) in [7, 11) is 0. The number of hydrogen-bond donors (Lipinski definition) is 3. The van der Waals surface area contributed by atoms with Gasteiger partial charge < -0.3 is 10.4 Å². The summed E-state index contributed by atoms with van der Waals surface area (Å²) < 4.78 is 0. The van der Waals surface area contributed by atoms with Gasteiger partial charge in [0, 0.05) is 0 Å². The normalized spacial score (nSPS) is 11.7. The van der Waals surface area contributed by atoms with Crippen LogP contribution in [0.15, 0.2) is 0 Å². The van der Waals surface area contributed by atoms with Crippen molar-refractivity contribution in [1.29, 1.82) is 0 Å². The number of nitrogens with one attached hydrogen (secondary N) is 2. The Labute approximate surface area is 97.5 Å². The van der Waals surface area contributed by atoms with Gasteiger partial charge in [0.15, 0.2) is 0 Å². The highest BCUT2D eigenvalue weighted by Gasteiger charge is 2.14. The maximum absolute atomic E-state index is 11.3. The molecule has 8 nitrogen and oxygen atoms in total. The summed E-state index contributed by atoms with van der Waals surface area (Å²) in [5.41, 5.74) is 1.30. The molecule has 1 aromatic heterocycles. The molecular weight excluding hydrogens is 226 g/mol. The maximum atomic E-state index is 11.3. The number of carbonyl (C=O) groups is 2. The number of hydrogen-bond acceptors (Lipinski definition) is 5. The molecule has 0 radical (unpaired) electrons. The maximum Gasteiger partial charge on any atom is 0.325 e. The first kappa shape index (κ1) is 12.8. The van der Waals surface area contributed by atoms with Crippen LogP contribution in [0, 0.1) is 13.8 Å². The number of aryl methyl sites for hydroxylation is 2. The van der Waals surface area contributed by atoms with Crippen molar-refractivity contribution in [2.75, 3.05) is 5.32 Å². The molecule has 8 heteroatoms. The first-order valence-electron chi connectivity index (χ1n) is 4.88. The van der Waals surface area contributed by atoms with Crippen LogP contribution >= 0.6 is 0 Å². The number of anilines is 1. The minimum absolute atomic E-state index is 0.0307. The van der Waals surface area contributed by atoms with Crippen LogP contribution in [0.25, 0.3) is 0 Å². The second kappa shape index (κ2) is 5.19. The molecule has 0 aromatic carbocycles. The van der Waals surface area contributed by atoms with Gasteiger partial charge in [0.1, 0.15) is 6.04 Å². The molecule has 1 rings (SSSR count). The number of urea groups is 1. The number of nitrogens with zero attached hydrogens (tertiary/aromatic N) is 3. The molecular formula is C9H13N5O3. The summed E-state index contributed by atoms with van der Waals surface area (Å²) in [5.74, 6) is -1.09. The van der Waals surface area contributed by atoms with Crippen LogP contribution in [0.3, 0.4) is 0 Å². The van der Waals surface area contributed by atoms with E-state index in [1.54, 1.807) is 13.8 Å². The van der Waals surface area contributed by atoms with E-state index in [-0.39, 0.29) is 5.95 Å². The fourth-order valence-corrected chi connectivity index (χ4v) is 0.906. The molecule has 0 spiro atoms. The molecule has 0 aliphatic heterocycles.